The second kappa shape index (κ2) is 10.2. The van der Waals surface area contributed by atoms with Gasteiger partial charge in [-0.2, -0.15) is 0 Å². The van der Waals surface area contributed by atoms with Gasteiger partial charge in [-0.1, -0.05) is 6.07 Å². The fraction of sp³-hybridized carbons (Fsp3) is 0.455. The van der Waals surface area contributed by atoms with Crippen LogP contribution in [0.3, 0.4) is 0 Å². The molecule has 1 aliphatic rings. The summed E-state index contributed by atoms with van der Waals surface area (Å²) < 4.78 is 22.7. The SMILES string of the molecule is COc1ccc(CN2CCN(Cc3cc(OC)c(OC)cc3OC)CC2)cc1Br. The van der Waals surface area contributed by atoms with Crippen LogP contribution >= 0.6 is 15.9 Å². The highest BCUT2D eigenvalue weighted by Crippen LogP contribution is 2.35. The summed E-state index contributed by atoms with van der Waals surface area (Å²) in [5.74, 6) is 3.10. The maximum Gasteiger partial charge on any atom is 0.164 e. The molecule has 0 radical (unpaired) electrons. The van der Waals surface area contributed by atoms with Crippen LogP contribution in [0.15, 0.2) is 34.8 Å². The Labute approximate surface area is 181 Å². The molecule has 1 saturated heterocycles. The van der Waals surface area contributed by atoms with E-state index in [0.29, 0.717) is 5.75 Å². The summed E-state index contributed by atoms with van der Waals surface area (Å²) in [5, 5.41) is 0. The van der Waals surface area contributed by atoms with Crippen LogP contribution < -0.4 is 18.9 Å². The van der Waals surface area contributed by atoms with E-state index in [9.17, 15) is 0 Å². The van der Waals surface area contributed by atoms with E-state index in [2.05, 4.69) is 37.9 Å². The number of nitrogens with zero attached hydrogens (tertiary/aromatic N) is 2. The van der Waals surface area contributed by atoms with E-state index in [4.69, 9.17) is 18.9 Å². The Balaban J connectivity index is 1.59. The molecule has 0 spiro atoms. The van der Waals surface area contributed by atoms with Crippen LogP contribution in [0.5, 0.6) is 23.0 Å². The molecule has 1 fully saturated rings. The predicted octanol–water partition coefficient (Wildman–Crippen LogP) is 3.80. The van der Waals surface area contributed by atoms with Crippen molar-refractivity contribution in [3.8, 4) is 23.0 Å². The highest BCUT2D eigenvalue weighted by atomic mass is 79.9. The lowest BCUT2D eigenvalue weighted by Gasteiger charge is -2.35. The van der Waals surface area contributed by atoms with Gasteiger partial charge in [0.05, 0.1) is 32.9 Å². The van der Waals surface area contributed by atoms with Crippen LogP contribution in [-0.4, -0.2) is 64.4 Å². The van der Waals surface area contributed by atoms with Crippen molar-refractivity contribution in [3.05, 3.63) is 45.9 Å². The first-order valence-corrected chi connectivity index (χ1v) is 10.4. The van der Waals surface area contributed by atoms with Crippen LogP contribution in [0.4, 0.5) is 0 Å². The first-order chi connectivity index (χ1) is 14.1. The normalized spacial score (nSPS) is 15.2. The van der Waals surface area contributed by atoms with Crippen molar-refractivity contribution in [2.75, 3.05) is 54.6 Å². The van der Waals surface area contributed by atoms with Crippen LogP contribution in [0, 0.1) is 0 Å². The van der Waals surface area contributed by atoms with Gasteiger partial charge in [0, 0.05) is 50.9 Å². The van der Waals surface area contributed by atoms with E-state index in [0.717, 1.165) is 66.6 Å². The first kappa shape index (κ1) is 21.7. The van der Waals surface area contributed by atoms with Crippen LogP contribution in [-0.2, 0) is 13.1 Å². The van der Waals surface area contributed by atoms with Gasteiger partial charge in [-0.15, -0.1) is 0 Å². The minimum atomic E-state index is 0.684. The predicted molar refractivity (Wildman–Crippen MR) is 117 cm³/mol. The first-order valence-electron chi connectivity index (χ1n) is 9.64. The van der Waals surface area contributed by atoms with Gasteiger partial charge in [0.2, 0.25) is 0 Å². The Hall–Kier alpha value is -1.96. The standard InChI is InChI=1S/C22H29BrN2O4/c1-26-19-6-5-16(11-18(19)23)14-24-7-9-25(10-8-24)15-17-12-21(28-3)22(29-4)13-20(17)27-2/h5-6,11-13H,7-10,14-15H2,1-4H3. The third-order valence-corrected chi connectivity index (χ3v) is 5.89. The van der Waals surface area contributed by atoms with Gasteiger partial charge < -0.3 is 18.9 Å². The summed E-state index contributed by atoms with van der Waals surface area (Å²) in [4.78, 5) is 4.93. The molecule has 1 aliphatic heterocycles. The number of methoxy groups -OCH3 is 4. The molecule has 6 nitrogen and oxygen atoms in total. The molecule has 0 bridgehead atoms. The monoisotopic (exact) mass is 464 g/mol. The Kier molecular flexibility index (Phi) is 7.64. The summed E-state index contributed by atoms with van der Waals surface area (Å²) in [5.41, 5.74) is 2.39. The molecule has 0 aliphatic carbocycles. The Morgan fingerprint density at radius 2 is 1.24 bits per heavy atom. The van der Waals surface area contributed by atoms with E-state index >= 15 is 0 Å². The molecule has 3 rings (SSSR count). The van der Waals surface area contributed by atoms with E-state index < -0.39 is 0 Å². The fourth-order valence-corrected chi connectivity index (χ4v) is 4.22. The number of piperazine rings is 1. The molecule has 29 heavy (non-hydrogen) atoms. The lowest BCUT2D eigenvalue weighted by Crippen LogP contribution is -2.45. The molecule has 0 aromatic heterocycles. The van der Waals surface area contributed by atoms with E-state index in [1.54, 1.807) is 28.4 Å². The van der Waals surface area contributed by atoms with Gasteiger partial charge in [-0.05, 0) is 39.7 Å². The van der Waals surface area contributed by atoms with E-state index in [1.165, 1.54) is 5.56 Å². The maximum atomic E-state index is 5.57. The highest BCUT2D eigenvalue weighted by molar-refractivity contribution is 9.10. The van der Waals surface area contributed by atoms with Crippen LogP contribution in [0.2, 0.25) is 0 Å². The average Bonchev–Trinajstić information content (AvgIpc) is 2.75. The molecule has 0 amide bonds. The lowest BCUT2D eigenvalue weighted by atomic mass is 10.1. The molecule has 2 aromatic rings. The molecular formula is C22H29BrN2O4. The zero-order valence-electron chi connectivity index (χ0n) is 17.5. The number of hydrogen-bond acceptors (Lipinski definition) is 6. The smallest absolute Gasteiger partial charge is 0.164 e. The average molecular weight is 465 g/mol. The molecule has 1 heterocycles. The van der Waals surface area contributed by atoms with Gasteiger partial charge >= 0.3 is 0 Å². The van der Waals surface area contributed by atoms with Crippen molar-refractivity contribution in [2.24, 2.45) is 0 Å². The Bertz CT molecular complexity index is 823. The van der Waals surface area contributed by atoms with Gasteiger partial charge in [0.1, 0.15) is 11.5 Å². The number of ether oxygens (including phenoxy) is 4. The third kappa shape index (κ3) is 5.35. The highest BCUT2D eigenvalue weighted by Gasteiger charge is 2.20. The molecule has 0 saturated carbocycles. The quantitative estimate of drug-likeness (QED) is 0.591. The van der Waals surface area contributed by atoms with Crippen molar-refractivity contribution >= 4 is 15.9 Å². The van der Waals surface area contributed by atoms with E-state index in [-0.39, 0.29) is 0 Å². The molecule has 0 N–H and O–H groups in total. The molecule has 158 valence electrons. The van der Waals surface area contributed by atoms with Crippen LogP contribution in [0.25, 0.3) is 0 Å². The fourth-order valence-electron chi connectivity index (χ4n) is 3.63. The largest absolute Gasteiger partial charge is 0.496 e. The molecule has 7 heteroatoms. The van der Waals surface area contributed by atoms with E-state index in [1.807, 2.05) is 18.2 Å². The number of benzene rings is 2. The van der Waals surface area contributed by atoms with Crippen molar-refractivity contribution in [3.63, 3.8) is 0 Å². The third-order valence-electron chi connectivity index (χ3n) is 5.27. The van der Waals surface area contributed by atoms with Gasteiger partial charge in [0.25, 0.3) is 0 Å². The minimum Gasteiger partial charge on any atom is -0.496 e. The summed E-state index contributed by atoms with van der Waals surface area (Å²) in [6, 6.07) is 10.2. The molecule has 0 atom stereocenters. The summed E-state index contributed by atoms with van der Waals surface area (Å²) in [6.45, 7) is 5.84. The summed E-state index contributed by atoms with van der Waals surface area (Å²) in [7, 11) is 6.67. The summed E-state index contributed by atoms with van der Waals surface area (Å²) >= 11 is 3.57. The Morgan fingerprint density at radius 3 is 1.79 bits per heavy atom. The molecule has 0 unspecified atom stereocenters. The van der Waals surface area contributed by atoms with Crippen molar-refractivity contribution in [1.82, 2.24) is 9.80 Å². The second-order valence-electron chi connectivity index (χ2n) is 7.04. The zero-order chi connectivity index (χ0) is 20.8. The van der Waals surface area contributed by atoms with Crippen LogP contribution in [0.1, 0.15) is 11.1 Å². The minimum absolute atomic E-state index is 0.684. The maximum absolute atomic E-state index is 5.57. The number of rotatable bonds is 8. The van der Waals surface area contributed by atoms with Crippen molar-refractivity contribution in [1.29, 1.82) is 0 Å². The topological polar surface area (TPSA) is 43.4 Å². The molecular weight excluding hydrogens is 436 g/mol. The number of halogens is 1. The van der Waals surface area contributed by atoms with Crippen molar-refractivity contribution in [2.45, 2.75) is 13.1 Å². The van der Waals surface area contributed by atoms with Gasteiger partial charge in [0.15, 0.2) is 11.5 Å². The Morgan fingerprint density at radius 1 is 0.690 bits per heavy atom. The molecule has 2 aromatic carbocycles. The van der Waals surface area contributed by atoms with Gasteiger partial charge in [-0.3, -0.25) is 9.80 Å². The second-order valence-corrected chi connectivity index (χ2v) is 7.89. The zero-order valence-corrected chi connectivity index (χ0v) is 19.1. The van der Waals surface area contributed by atoms with Gasteiger partial charge in [-0.25, -0.2) is 0 Å². The number of hydrogen-bond donors (Lipinski definition) is 0. The summed E-state index contributed by atoms with van der Waals surface area (Å²) in [6.07, 6.45) is 0. The van der Waals surface area contributed by atoms with Crippen molar-refractivity contribution < 1.29 is 18.9 Å². The lowest BCUT2D eigenvalue weighted by molar-refractivity contribution is 0.121.